The van der Waals surface area contributed by atoms with Crippen LogP contribution in [-0.4, -0.2) is 27.5 Å². The van der Waals surface area contributed by atoms with Crippen molar-refractivity contribution in [2.45, 2.75) is 17.9 Å². The topological polar surface area (TPSA) is 93.7 Å². The fourth-order valence-electron chi connectivity index (χ4n) is 2.62. The van der Waals surface area contributed by atoms with Gasteiger partial charge in [0.05, 0.1) is 18.0 Å². The van der Waals surface area contributed by atoms with E-state index in [0.717, 1.165) is 0 Å². The summed E-state index contributed by atoms with van der Waals surface area (Å²) in [5.41, 5.74) is 0.490. The maximum absolute atomic E-state index is 12.5. The van der Waals surface area contributed by atoms with Gasteiger partial charge in [0, 0.05) is 11.8 Å². The molecular formula is C22H22N2O5S. The predicted molar refractivity (Wildman–Crippen MR) is 114 cm³/mol. The van der Waals surface area contributed by atoms with Crippen molar-refractivity contribution < 1.29 is 22.7 Å². The molecule has 0 unspecified atom stereocenters. The van der Waals surface area contributed by atoms with Gasteiger partial charge in [-0.15, -0.1) is 0 Å². The largest absolute Gasteiger partial charge is 0.497 e. The Morgan fingerprint density at radius 3 is 2.20 bits per heavy atom. The fourth-order valence-corrected chi connectivity index (χ4v) is 3.82. The molecule has 0 aromatic heterocycles. The molecule has 0 aliphatic carbocycles. The van der Waals surface area contributed by atoms with Crippen molar-refractivity contribution in [3.8, 4) is 17.2 Å². The molecule has 1 atom stereocenters. The van der Waals surface area contributed by atoms with Crippen LogP contribution >= 0.6 is 0 Å². The van der Waals surface area contributed by atoms with E-state index in [4.69, 9.17) is 9.47 Å². The first-order valence-corrected chi connectivity index (χ1v) is 10.7. The fraction of sp³-hybridized carbons (Fsp3) is 0.136. The summed E-state index contributed by atoms with van der Waals surface area (Å²) < 4.78 is 38.2. The van der Waals surface area contributed by atoms with E-state index in [-0.39, 0.29) is 4.90 Å². The molecule has 1 amide bonds. The van der Waals surface area contributed by atoms with Crippen LogP contribution in [0, 0.1) is 0 Å². The summed E-state index contributed by atoms with van der Waals surface area (Å²) >= 11 is 0. The number of benzene rings is 3. The van der Waals surface area contributed by atoms with Crippen LogP contribution < -0.4 is 19.5 Å². The van der Waals surface area contributed by atoms with Gasteiger partial charge in [-0.2, -0.15) is 4.72 Å². The van der Waals surface area contributed by atoms with E-state index in [1.165, 1.54) is 38.3 Å². The summed E-state index contributed by atoms with van der Waals surface area (Å²) in [6.45, 7) is 1.47. The van der Waals surface area contributed by atoms with E-state index in [9.17, 15) is 13.2 Å². The van der Waals surface area contributed by atoms with Gasteiger partial charge in [-0.3, -0.25) is 4.79 Å². The first-order chi connectivity index (χ1) is 14.4. The smallest absolute Gasteiger partial charge is 0.242 e. The highest BCUT2D eigenvalue weighted by Crippen LogP contribution is 2.24. The standard InChI is InChI=1S/C22H22N2O5S/c1-16(24-30(26,27)21-13-11-18(28-2)12-14-21)22(25)23-17-7-6-10-20(15-17)29-19-8-4-3-5-9-19/h3-16,24H,1-2H3,(H,23,25)/t16-/m1/s1. The second-order valence-corrected chi connectivity index (χ2v) is 8.16. The minimum Gasteiger partial charge on any atom is -0.497 e. The first-order valence-electron chi connectivity index (χ1n) is 9.17. The average Bonchev–Trinajstić information content (AvgIpc) is 2.74. The van der Waals surface area contributed by atoms with Crippen molar-refractivity contribution in [3.05, 3.63) is 78.9 Å². The molecule has 0 aliphatic rings. The van der Waals surface area contributed by atoms with Crippen LogP contribution in [0.15, 0.2) is 83.8 Å². The average molecular weight is 426 g/mol. The molecule has 2 N–H and O–H groups in total. The van der Waals surface area contributed by atoms with Gasteiger partial charge in [-0.05, 0) is 55.5 Å². The molecule has 30 heavy (non-hydrogen) atoms. The highest BCUT2D eigenvalue weighted by atomic mass is 32.2. The van der Waals surface area contributed by atoms with E-state index in [1.54, 1.807) is 24.3 Å². The molecule has 3 aromatic carbocycles. The SMILES string of the molecule is COc1ccc(S(=O)(=O)N[C@H](C)C(=O)Nc2cccc(Oc3ccccc3)c2)cc1. The molecule has 7 nitrogen and oxygen atoms in total. The van der Waals surface area contributed by atoms with Crippen LogP contribution in [-0.2, 0) is 14.8 Å². The molecule has 0 radical (unpaired) electrons. The Hall–Kier alpha value is -3.36. The summed E-state index contributed by atoms with van der Waals surface area (Å²) in [4.78, 5) is 12.5. The van der Waals surface area contributed by atoms with Crippen molar-refractivity contribution in [1.82, 2.24) is 4.72 Å². The van der Waals surface area contributed by atoms with Crippen LogP contribution in [0.25, 0.3) is 0 Å². The van der Waals surface area contributed by atoms with E-state index < -0.39 is 22.0 Å². The lowest BCUT2D eigenvalue weighted by molar-refractivity contribution is -0.117. The van der Waals surface area contributed by atoms with Gasteiger partial charge < -0.3 is 14.8 Å². The van der Waals surface area contributed by atoms with E-state index in [1.807, 2.05) is 30.3 Å². The van der Waals surface area contributed by atoms with Gasteiger partial charge in [-0.25, -0.2) is 8.42 Å². The number of hydrogen-bond donors (Lipinski definition) is 2. The number of sulfonamides is 1. The summed E-state index contributed by atoms with van der Waals surface area (Å²) in [7, 11) is -2.37. The van der Waals surface area contributed by atoms with E-state index >= 15 is 0 Å². The quantitative estimate of drug-likeness (QED) is 0.572. The summed E-state index contributed by atoms with van der Waals surface area (Å²) in [6.07, 6.45) is 0. The summed E-state index contributed by atoms with van der Waals surface area (Å²) in [5.74, 6) is 1.26. The van der Waals surface area contributed by atoms with Gasteiger partial charge in [-0.1, -0.05) is 24.3 Å². The Kier molecular flexibility index (Phi) is 6.71. The van der Waals surface area contributed by atoms with Gasteiger partial charge in [0.2, 0.25) is 15.9 Å². The van der Waals surface area contributed by atoms with Crippen molar-refractivity contribution in [1.29, 1.82) is 0 Å². The number of anilines is 1. The lowest BCUT2D eigenvalue weighted by atomic mass is 10.2. The molecule has 3 aromatic rings. The van der Waals surface area contributed by atoms with Crippen LogP contribution in [0.4, 0.5) is 5.69 Å². The van der Waals surface area contributed by atoms with Crippen LogP contribution in [0.5, 0.6) is 17.2 Å². The minimum absolute atomic E-state index is 0.0428. The third kappa shape index (κ3) is 5.59. The van der Waals surface area contributed by atoms with Crippen LogP contribution in [0.2, 0.25) is 0 Å². The second kappa shape index (κ2) is 9.43. The van der Waals surface area contributed by atoms with E-state index in [0.29, 0.717) is 22.9 Å². The number of nitrogens with one attached hydrogen (secondary N) is 2. The molecule has 0 saturated carbocycles. The van der Waals surface area contributed by atoms with Crippen molar-refractivity contribution in [3.63, 3.8) is 0 Å². The van der Waals surface area contributed by atoms with Gasteiger partial charge >= 0.3 is 0 Å². The summed E-state index contributed by atoms with van der Waals surface area (Å²) in [5, 5.41) is 2.69. The third-order valence-electron chi connectivity index (χ3n) is 4.18. The minimum atomic E-state index is -3.86. The number of carbonyl (C=O) groups excluding carboxylic acids is 1. The molecule has 0 aliphatic heterocycles. The van der Waals surface area contributed by atoms with Gasteiger partial charge in [0.25, 0.3) is 0 Å². The Morgan fingerprint density at radius 1 is 0.867 bits per heavy atom. The van der Waals surface area contributed by atoms with Gasteiger partial charge in [0.15, 0.2) is 0 Å². The highest BCUT2D eigenvalue weighted by Gasteiger charge is 2.22. The monoisotopic (exact) mass is 426 g/mol. The van der Waals surface area contributed by atoms with Crippen LogP contribution in [0.1, 0.15) is 6.92 Å². The zero-order valence-corrected chi connectivity index (χ0v) is 17.3. The number of rotatable bonds is 8. The Bertz CT molecular complexity index is 1100. The molecule has 0 bridgehead atoms. The molecule has 0 fully saturated rings. The lowest BCUT2D eigenvalue weighted by Gasteiger charge is -2.15. The molecule has 0 spiro atoms. The number of ether oxygens (including phenoxy) is 2. The number of hydrogen-bond acceptors (Lipinski definition) is 5. The lowest BCUT2D eigenvalue weighted by Crippen LogP contribution is -2.41. The number of amides is 1. The third-order valence-corrected chi connectivity index (χ3v) is 5.73. The molecule has 3 rings (SSSR count). The molecule has 156 valence electrons. The van der Waals surface area contributed by atoms with Crippen molar-refractivity contribution >= 4 is 21.6 Å². The highest BCUT2D eigenvalue weighted by molar-refractivity contribution is 7.89. The van der Waals surface area contributed by atoms with Crippen LogP contribution in [0.3, 0.4) is 0 Å². The number of para-hydroxylation sites is 1. The maximum Gasteiger partial charge on any atom is 0.242 e. The normalized spacial score (nSPS) is 12.1. The second-order valence-electron chi connectivity index (χ2n) is 6.45. The predicted octanol–water partition coefficient (Wildman–Crippen LogP) is 3.79. The van der Waals surface area contributed by atoms with Crippen molar-refractivity contribution in [2.24, 2.45) is 0 Å². The number of methoxy groups -OCH3 is 1. The molecule has 8 heteroatoms. The molecular weight excluding hydrogens is 404 g/mol. The molecule has 0 heterocycles. The Morgan fingerprint density at radius 2 is 1.53 bits per heavy atom. The van der Waals surface area contributed by atoms with E-state index in [2.05, 4.69) is 10.0 Å². The molecule has 0 saturated heterocycles. The first kappa shape index (κ1) is 21.4. The summed E-state index contributed by atoms with van der Waals surface area (Å²) in [6, 6.07) is 21.0. The van der Waals surface area contributed by atoms with Gasteiger partial charge in [0.1, 0.15) is 17.2 Å². The Balaban J connectivity index is 1.64. The van der Waals surface area contributed by atoms with Crippen molar-refractivity contribution in [2.75, 3.05) is 12.4 Å². The number of carbonyl (C=O) groups is 1. The zero-order chi connectivity index (χ0) is 21.6. The Labute approximate surface area is 175 Å². The maximum atomic E-state index is 12.5. The zero-order valence-electron chi connectivity index (χ0n) is 16.5.